The van der Waals surface area contributed by atoms with Crippen molar-refractivity contribution in [1.29, 1.82) is 0 Å². The van der Waals surface area contributed by atoms with Crippen LogP contribution in [0.15, 0.2) is 11.6 Å². The maximum absolute atomic E-state index is 8.71. The first-order chi connectivity index (χ1) is 6.33. The minimum atomic E-state index is 0.188. The van der Waals surface area contributed by atoms with Gasteiger partial charge in [0.1, 0.15) is 0 Å². The molecule has 0 fully saturated rings. The highest BCUT2D eigenvalue weighted by Gasteiger charge is 2.09. The van der Waals surface area contributed by atoms with Gasteiger partial charge in [0, 0.05) is 18.2 Å². The van der Waals surface area contributed by atoms with Crippen LogP contribution in [0.3, 0.4) is 0 Å². The van der Waals surface area contributed by atoms with Crippen LogP contribution >= 0.6 is 22.9 Å². The second-order valence-electron chi connectivity index (χ2n) is 2.73. The molecule has 70 valence electrons. The predicted octanol–water partition coefficient (Wildman–Crippen LogP) is 1.97. The Morgan fingerprint density at radius 1 is 1.62 bits per heavy atom. The Morgan fingerprint density at radius 3 is 3.23 bits per heavy atom. The molecule has 3 nitrogen and oxygen atoms in total. The second kappa shape index (κ2) is 3.65. The van der Waals surface area contributed by atoms with Gasteiger partial charge in [0.25, 0.3) is 0 Å². The first-order valence-corrected chi connectivity index (χ1v) is 5.29. The van der Waals surface area contributed by atoms with E-state index in [1.54, 1.807) is 11.3 Å². The molecule has 2 heterocycles. The zero-order valence-corrected chi connectivity index (χ0v) is 8.48. The van der Waals surface area contributed by atoms with Crippen molar-refractivity contribution < 1.29 is 5.11 Å². The summed E-state index contributed by atoms with van der Waals surface area (Å²) in [5, 5.41) is 11.2. The van der Waals surface area contributed by atoms with Crippen LogP contribution in [0.4, 0.5) is 0 Å². The quantitative estimate of drug-likeness (QED) is 0.852. The van der Waals surface area contributed by atoms with Gasteiger partial charge in [-0.05, 0) is 12.8 Å². The molecule has 0 saturated carbocycles. The first-order valence-electron chi connectivity index (χ1n) is 4.03. The lowest BCUT2D eigenvalue weighted by atomic mass is 10.2. The predicted molar refractivity (Wildman–Crippen MR) is 53.5 cm³/mol. The van der Waals surface area contributed by atoms with Gasteiger partial charge in [-0.1, -0.05) is 11.6 Å². The lowest BCUT2D eigenvalue weighted by Gasteiger charge is -1.96. The van der Waals surface area contributed by atoms with Crippen LogP contribution in [0, 0.1) is 0 Å². The Kier molecular flexibility index (Phi) is 2.53. The van der Waals surface area contributed by atoms with Gasteiger partial charge in [-0.3, -0.25) is 4.40 Å². The van der Waals surface area contributed by atoms with Crippen molar-refractivity contribution in [2.75, 3.05) is 6.61 Å². The summed E-state index contributed by atoms with van der Waals surface area (Å²) in [7, 11) is 0. The summed E-state index contributed by atoms with van der Waals surface area (Å²) >= 11 is 7.50. The summed E-state index contributed by atoms with van der Waals surface area (Å²) in [5.74, 6) is 0. The summed E-state index contributed by atoms with van der Waals surface area (Å²) in [6.45, 7) is 0.188. The van der Waals surface area contributed by atoms with Crippen molar-refractivity contribution in [1.82, 2.24) is 9.38 Å². The van der Waals surface area contributed by atoms with E-state index in [1.807, 2.05) is 16.0 Å². The Balaban J connectivity index is 2.39. The molecule has 0 unspecified atom stereocenters. The number of aliphatic hydroxyl groups is 1. The number of halogens is 1. The van der Waals surface area contributed by atoms with E-state index in [4.69, 9.17) is 16.7 Å². The number of nitrogens with zero attached hydrogens (tertiary/aromatic N) is 2. The number of rotatable bonds is 3. The van der Waals surface area contributed by atoms with Gasteiger partial charge in [0.05, 0.1) is 5.69 Å². The molecule has 0 aliphatic carbocycles. The number of fused-ring (bicyclic) bond motifs is 1. The van der Waals surface area contributed by atoms with Crippen molar-refractivity contribution >= 4 is 27.9 Å². The van der Waals surface area contributed by atoms with Gasteiger partial charge in [-0.15, -0.1) is 11.3 Å². The Hall–Kier alpha value is -0.580. The molecule has 2 rings (SSSR count). The topological polar surface area (TPSA) is 37.5 Å². The van der Waals surface area contributed by atoms with E-state index in [0.717, 1.165) is 23.5 Å². The average Bonchev–Trinajstić information content (AvgIpc) is 2.62. The van der Waals surface area contributed by atoms with E-state index in [2.05, 4.69) is 4.98 Å². The molecule has 0 amide bonds. The summed E-state index contributed by atoms with van der Waals surface area (Å²) < 4.78 is 1.97. The highest BCUT2D eigenvalue weighted by atomic mass is 35.5. The summed E-state index contributed by atoms with van der Waals surface area (Å²) in [4.78, 5) is 5.11. The van der Waals surface area contributed by atoms with Crippen LogP contribution in [0.2, 0.25) is 5.15 Å². The second-order valence-corrected chi connectivity index (χ2v) is 3.96. The number of thiazole rings is 1. The fourth-order valence-corrected chi connectivity index (χ4v) is 2.32. The van der Waals surface area contributed by atoms with Crippen molar-refractivity contribution in [3.05, 3.63) is 22.4 Å². The van der Waals surface area contributed by atoms with E-state index >= 15 is 0 Å². The van der Waals surface area contributed by atoms with Gasteiger partial charge in [-0.2, -0.15) is 0 Å². The van der Waals surface area contributed by atoms with E-state index in [0.29, 0.717) is 5.15 Å². The number of aryl methyl sites for hydroxylation is 1. The minimum Gasteiger partial charge on any atom is -0.396 e. The van der Waals surface area contributed by atoms with Crippen molar-refractivity contribution in [3.8, 4) is 0 Å². The zero-order valence-electron chi connectivity index (χ0n) is 6.90. The molecule has 0 bridgehead atoms. The molecule has 0 spiro atoms. The number of aliphatic hydroxyl groups excluding tert-OH is 1. The number of hydrogen-bond acceptors (Lipinski definition) is 3. The van der Waals surface area contributed by atoms with E-state index in [-0.39, 0.29) is 6.61 Å². The Bertz CT molecular complexity index is 409. The van der Waals surface area contributed by atoms with Crippen LogP contribution in [0.1, 0.15) is 12.1 Å². The largest absolute Gasteiger partial charge is 0.396 e. The molecule has 5 heteroatoms. The molecule has 0 aliphatic rings. The molecule has 13 heavy (non-hydrogen) atoms. The highest BCUT2D eigenvalue weighted by molar-refractivity contribution is 7.15. The smallest absolute Gasteiger partial charge is 0.195 e. The standard InChI is InChI=1S/C8H9ClN2OS/c9-7-6(2-1-4-12)11-3-5-13-8(11)10-7/h3,5,12H,1-2,4H2. The number of hydrogen-bond donors (Lipinski definition) is 1. The van der Waals surface area contributed by atoms with Crippen molar-refractivity contribution in [2.24, 2.45) is 0 Å². The van der Waals surface area contributed by atoms with Gasteiger partial charge in [0.2, 0.25) is 0 Å². The summed E-state index contributed by atoms with van der Waals surface area (Å²) in [6, 6.07) is 0. The van der Waals surface area contributed by atoms with Gasteiger partial charge in [-0.25, -0.2) is 4.98 Å². The van der Waals surface area contributed by atoms with Crippen LogP contribution in [-0.4, -0.2) is 21.1 Å². The van der Waals surface area contributed by atoms with Gasteiger partial charge in [0.15, 0.2) is 10.1 Å². The maximum atomic E-state index is 8.71. The molecule has 0 aromatic carbocycles. The molecular weight excluding hydrogens is 208 g/mol. The molecule has 2 aromatic heterocycles. The lowest BCUT2D eigenvalue weighted by molar-refractivity contribution is 0.288. The minimum absolute atomic E-state index is 0.188. The van der Waals surface area contributed by atoms with Crippen LogP contribution in [0.5, 0.6) is 0 Å². The summed E-state index contributed by atoms with van der Waals surface area (Å²) in [5.41, 5.74) is 0.993. The molecule has 2 aromatic rings. The van der Waals surface area contributed by atoms with E-state index in [1.165, 1.54) is 0 Å². The SMILES string of the molecule is OCCCc1c(Cl)nc2sccn12. The first kappa shape index (κ1) is 8.99. The van der Waals surface area contributed by atoms with Crippen LogP contribution < -0.4 is 0 Å². The molecule has 0 aliphatic heterocycles. The Labute approximate surface area is 84.6 Å². The normalized spacial score (nSPS) is 11.2. The molecule has 0 radical (unpaired) electrons. The maximum Gasteiger partial charge on any atom is 0.195 e. The van der Waals surface area contributed by atoms with Crippen molar-refractivity contribution in [2.45, 2.75) is 12.8 Å². The molecular formula is C8H9ClN2OS. The van der Waals surface area contributed by atoms with Crippen molar-refractivity contribution in [3.63, 3.8) is 0 Å². The Morgan fingerprint density at radius 2 is 2.46 bits per heavy atom. The van der Waals surface area contributed by atoms with E-state index in [9.17, 15) is 0 Å². The van der Waals surface area contributed by atoms with Gasteiger partial charge >= 0.3 is 0 Å². The zero-order chi connectivity index (χ0) is 9.26. The average molecular weight is 217 g/mol. The lowest BCUT2D eigenvalue weighted by Crippen LogP contribution is -1.93. The highest BCUT2D eigenvalue weighted by Crippen LogP contribution is 2.22. The number of aromatic nitrogens is 2. The molecule has 0 atom stereocenters. The third-order valence-electron chi connectivity index (χ3n) is 1.88. The fraction of sp³-hybridized carbons (Fsp3) is 0.375. The fourth-order valence-electron chi connectivity index (χ4n) is 1.28. The van der Waals surface area contributed by atoms with Crippen LogP contribution in [0.25, 0.3) is 4.96 Å². The van der Waals surface area contributed by atoms with Crippen LogP contribution in [-0.2, 0) is 6.42 Å². The third kappa shape index (κ3) is 1.57. The van der Waals surface area contributed by atoms with Gasteiger partial charge < -0.3 is 5.11 Å². The summed E-state index contributed by atoms with van der Waals surface area (Å²) in [6.07, 6.45) is 3.45. The molecule has 0 saturated heterocycles. The third-order valence-corrected chi connectivity index (χ3v) is 2.94. The number of imidazole rings is 1. The monoisotopic (exact) mass is 216 g/mol. The molecule has 1 N–H and O–H groups in total. The van der Waals surface area contributed by atoms with E-state index < -0.39 is 0 Å².